The van der Waals surface area contributed by atoms with Crippen molar-refractivity contribution in [1.29, 1.82) is 0 Å². The van der Waals surface area contributed by atoms with Crippen LogP contribution >= 0.6 is 0 Å². The lowest BCUT2D eigenvalue weighted by Crippen LogP contribution is -2.18. The minimum atomic E-state index is 0.0277. The van der Waals surface area contributed by atoms with Gasteiger partial charge in [-0.15, -0.1) is 0 Å². The normalized spacial score (nSPS) is 19.3. The lowest BCUT2D eigenvalue weighted by Gasteiger charge is -2.19. The van der Waals surface area contributed by atoms with Crippen LogP contribution in [0.15, 0.2) is 29.3 Å². The Morgan fingerprint density at radius 3 is 3.08 bits per heavy atom. The van der Waals surface area contributed by atoms with Gasteiger partial charge in [-0.25, -0.2) is 4.99 Å². The molecular formula is C11H13NO. The number of rotatable bonds is 2. The molecule has 1 aromatic rings. The summed E-state index contributed by atoms with van der Waals surface area (Å²) < 4.78 is 5.67. The van der Waals surface area contributed by atoms with Crippen molar-refractivity contribution in [2.75, 3.05) is 0 Å². The van der Waals surface area contributed by atoms with Gasteiger partial charge in [-0.1, -0.05) is 25.5 Å². The zero-order valence-corrected chi connectivity index (χ0v) is 7.73. The Labute approximate surface area is 78.3 Å². The van der Waals surface area contributed by atoms with Crippen molar-refractivity contribution in [3.8, 4) is 5.75 Å². The van der Waals surface area contributed by atoms with Crippen molar-refractivity contribution < 1.29 is 4.74 Å². The van der Waals surface area contributed by atoms with Gasteiger partial charge in [-0.3, -0.25) is 0 Å². The number of fused-ring (bicyclic) bond motifs is 1. The second-order valence-electron chi connectivity index (χ2n) is 3.18. The number of hydrogen-bond donors (Lipinski definition) is 0. The van der Waals surface area contributed by atoms with Gasteiger partial charge in [0.15, 0.2) is 6.23 Å². The maximum absolute atomic E-state index is 5.67. The molecule has 0 aromatic heterocycles. The zero-order chi connectivity index (χ0) is 9.10. The molecule has 0 fully saturated rings. The van der Waals surface area contributed by atoms with Gasteiger partial charge in [0.1, 0.15) is 5.75 Å². The quantitative estimate of drug-likeness (QED) is 0.677. The van der Waals surface area contributed by atoms with E-state index in [-0.39, 0.29) is 6.23 Å². The van der Waals surface area contributed by atoms with Crippen LogP contribution in [-0.2, 0) is 0 Å². The van der Waals surface area contributed by atoms with Gasteiger partial charge in [-0.2, -0.15) is 0 Å². The van der Waals surface area contributed by atoms with Gasteiger partial charge >= 0.3 is 0 Å². The zero-order valence-electron chi connectivity index (χ0n) is 7.73. The van der Waals surface area contributed by atoms with E-state index >= 15 is 0 Å². The lowest BCUT2D eigenvalue weighted by molar-refractivity contribution is 0.196. The van der Waals surface area contributed by atoms with Crippen LogP contribution in [0.3, 0.4) is 0 Å². The summed E-state index contributed by atoms with van der Waals surface area (Å²) >= 11 is 0. The molecule has 1 aliphatic heterocycles. The summed E-state index contributed by atoms with van der Waals surface area (Å²) in [6.07, 6.45) is 4.02. The summed E-state index contributed by atoms with van der Waals surface area (Å²) in [6, 6.07) is 7.99. The van der Waals surface area contributed by atoms with Crippen molar-refractivity contribution in [2.45, 2.75) is 26.0 Å². The highest BCUT2D eigenvalue weighted by molar-refractivity contribution is 5.84. The topological polar surface area (TPSA) is 21.6 Å². The van der Waals surface area contributed by atoms with Crippen molar-refractivity contribution >= 4 is 6.21 Å². The van der Waals surface area contributed by atoms with Gasteiger partial charge in [0, 0.05) is 18.2 Å². The fraction of sp³-hybridized carbons (Fsp3) is 0.364. The van der Waals surface area contributed by atoms with E-state index in [4.69, 9.17) is 4.74 Å². The van der Waals surface area contributed by atoms with Crippen molar-refractivity contribution in [2.24, 2.45) is 4.99 Å². The number of para-hydroxylation sites is 1. The first-order chi connectivity index (χ1) is 6.40. The molecule has 13 heavy (non-hydrogen) atoms. The van der Waals surface area contributed by atoms with E-state index in [9.17, 15) is 0 Å². The Balaban J connectivity index is 2.19. The average Bonchev–Trinajstić information content (AvgIpc) is 2.18. The third kappa shape index (κ3) is 1.72. The molecule has 0 saturated heterocycles. The van der Waals surface area contributed by atoms with Crippen LogP contribution in [-0.4, -0.2) is 12.4 Å². The van der Waals surface area contributed by atoms with E-state index in [0.717, 1.165) is 24.2 Å². The summed E-state index contributed by atoms with van der Waals surface area (Å²) in [7, 11) is 0. The number of hydrogen-bond acceptors (Lipinski definition) is 2. The molecule has 0 amide bonds. The molecule has 1 unspecified atom stereocenters. The van der Waals surface area contributed by atoms with E-state index in [1.165, 1.54) is 0 Å². The summed E-state index contributed by atoms with van der Waals surface area (Å²) in [5.74, 6) is 0.955. The molecule has 68 valence electrons. The maximum atomic E-state index is 5.67. The van der Waals surface area contributed by atoms with Crippen LogP contribution in [0, 0.1) is 0 Å². The molecule has 1 aliphatic rings. The Morgan fingerprint density at radius 2 is 2.23 bits per heavy atom. The smallest absolute Gasteiger partial charge is 0.189 e. The van der Waals surface area contributed by atoms with Gasteiger partial charge in [0.25, 0.3) is 0 Å². The SMILES string of the molecule is CCCC1N=Cc2ccccc2O1. The fourth-order valence-electron chi connectivity index (χ4n) is 1.42. The summed E-state index contributed by atoms with van der Waals surface area (Å²) in [4.78, 5) is 4.31. The first kappa shape index (κ1) is 8.30. The molecule has 1 atom stereocenters. The predicted octanol–water partition coefficient (Wildman–Crippen LogP) is 2.62. The van der Waals surface area contributed by atoms with E-state index in [0.29, 0.717) is 0 Å². The van der Waals surface area contributed by atoms with Crippen molar-refractivity contribution in [1.82, 2.24) is 0 Å². The van der Waals surface area contributed by atoms with Gasteiger partial charge < -0.3 is 4.74 Å². The largest absolute Gasteiger partial charge is 0.468 e. The second-order valence-corrected chi connectivity index (χ2v) is 3.18. The summed E-state index contributed by atoms with van der Waals surface area (Å²) in [5.41, 5.74) is 1.08. The highest BCUT2D eigenvalue weighted by Gasteiger charge is 2.13. The van der Waals surface area contributed by atoms with Crippen LogP contribution in [0.2, 0.25) is 0 Å². The monoisotopic (exact) mass is 175 g/mol. The molecule has 0 aliphatic carbocycles. The molecule has 0 saturated carbocycles. The van der Waals surface area contributed by atoms with Crippen LogP contribution in [0.1, 0.15) is 25.3 Å². The van der Waals surface area contributed by atoms with E-state index < -0.39 is 0 Å². The Hall–Kier alpha value is -1.31. The number of benzene rings is 1. The summed E-state index contributed by atoms with van der Waals surface area (Å²) in [6.45, 7) is 2.14. The van der Waals surface area contributed by atoms with Gasteiger partial charge in [-0.05, 0) is 12.1 Å². The molecule has 2 heteroatoms. The molecule has 2 rings (SSSR count). The highest BCUT2D eigenvalue weighted by atomic mass is 16.5. The number of ether oxygens (including phenoxy) is 1. The van der Waals surface area contributed by atoms with Crippen molar-refractivity contribution in [3.63, 3.8) is 0 Å². The third-order valence-corrected chi connectivity index (χ3v) is 2.10. The predicted molar refractivity (Wildman–Crippen MR) is 53.4 cm³/mol. The highest BCUT2D eigenvalue weighted by Crippen LogP contribution is 2.22. The van der Waals surface area contributed by atoms with Crippen LogP contribution < -0.4 is 4.74 Å². The van der Waals surface area contributed by atoms with Crippen molar-refractivity contribution in [3.05, 3.63) is 29.8 Å². The Morgan fingerprint density at radius 1 is 1.38 bits per heavy atom. The number of nitrogens with zero attached hydrogens (tertiary/aromatic N) is 1. The summed E-state index contributed by atoms with van der Waals surface area (Å²) in [5, 5.41) is 0. The maximum Gasteiger partial charge on any atom is 0.189 e. The van der Waals surface area contributed by atoms with E-state index in [1.54, 1.807) is 0 Å². The molecule has 0 radical (unpaired) electrons. The standard InChI is InChI=1S/C11H13NO/c1-2-5-11-12-8-9-6-3-4-7-10(9)13-11/h3-4,6-8,11H,2,5H2,1H3. The van der Waals surface area contributed by atoms with Gasteiger partial charge in [0.05, 0.1) is 0 Å². The minimum Gasteiger partial charge on any atom is -0.468 e. The second kappa shape index (κ2) is 3.60. The van der Waals surface area contributed by atoms with Crippen LogP contribution in [0.5, 0.6) is 5.75 Å². The molecule has 0 N–H and O–H groups in total. The minimum absolute atomic E-state index is 0.0277. The lowest BCUT2D eigenvalue weighted by atomic mass is 10.2. The molecule has 1 heterocycles. The fourth-order valence-corrected chi connectivity index (χ4v) is 1.42. The van der Waals surface area contributed by atoms with E-state index in [2.05, 4.69) is 11.9 Å². The molecule has 0 spiro atoms. The van der Waals surface area contributed by atoms with Crippen LogP contribution in [0.25, 0.3) is 0 Å². The first-order valence-electron chi connectivity index (χ1n) is 4.69. The van der Waals surface area contributed by atoms with Gasteiger partial charge in [0.2, 0.25) is 0 Å². The third-order valence-electron chi connectivity index (χ3n) is 2.10. The molecular weight excluding hydrogens is 162 g/mol. The molecule has 0 bridgehead atoms. The first-order valence-corrected chi connectivity index (χ1v) is 4.69. The molecule has 1 aromatic carbocycles. The molecule has 2 nitrogen and oxygen atoms in total. The Kier molecular flexibility index (Phi) is 2.30. The van der Waals surface area contributed by atoms with E-state index in [1.807, 2.05) is 30.5 Å². The Bertz CT molecular complexity index is 320. The van der Waals surface area contributed by atoms with Crippen LogP contribution in [0.4, 0.5) is 0 Å². The number of aliphatic imine (C=N–C) groups is 1. The average molecular weight is 175 g/mol.